The standard InChI is InChI=1S/C35H33N5O3S2/c1-44-34-30(24-36)32(25-8-5-13-29(22-25)43-27-10-3-2-4-11-27)33(45-34)31-14-15-37-35(39-31)38-26-9-6-12-28(23-26)42-19-7-16-40-17-20-41-21-18-40/h2-6,8-15,22-23H,7,16-21H2,1H3,(H,37,38,39). The van der Waals surface area contributed by atoms with E-state index in [9.17, 15) is 5.26 Å². The minimum absolute atomic E-state index is 0.460. The van der Waals surface area contributed by atoms with E-state index < -0.39 is 0 Å². The summed E-state index contributed by atoms with van der Waals surface area (Å²) in [7, 11) is 0. The van der Waals surface area contributed by atoms with Crippen LogP contribution in [0.4, 0.5) is 11.6 Å². The molecular weight excluding hydrogens is 603 g/mol. The largest absolute Gasteiger partial charge is 0.493 e. The van der Waals surface area contributed by atoms with Gasteiger partial charge in [-0.15, -0.1) is 23.1 Å². The molecule has 0 spiro atoms. The molecule has 3 heterocycles. The van der Waals surface area contributed by atoms with Crippen molar-refractivity contribution in [2.75, 3.05) is 51.0 Å². The second-order valence-electron chi connectivity index (χ2n) is 10.3. The number of anilines is 2. The van der Waals surface area contributed by atoms with Crippen molar-refractivity contribution in [3.8, 4) is 45.0 Å². The third-order valence-corrected chi connectivity index (χ3v) is 9.58. The van der Waals surface area contributed by atoms with Crippen LogP contribution >= 0.6 is 23.1 Å². The Balaban J connectivity index is 1.21. The molecule has 1 N–H and O–H groups in total. The molecule has 1 aliphatic rings. The highest BCUT2D eigenvalue weighted by Crippen LogP contribution is 2.46. The second-order valence-corrected chi connectivity index (χ2v) is 12.4. The van der Waals surface area contributed by atoms with Crippen LogP contribution < -0.4 is 14.8 Å². The van der Waals surface area contributed by atoms with Crippen molar-refractivity contribution < 1.29 is 14.2 Å². The summed E-state index contributed by atoms with van der Waals surface area (Å²) in [5, 5.41) is 13.6. The maximum Gasteiger partial charge on any atom is 0.227 e. The number of thiophene rings is 1. The Morgan fingerprint density at radius 1 is 0.978 bits per heavy atom. The van der Waals surface area contributed by atoms with Crippen molar-refractivity contribution >= 4 is 34.7 Å². The van der Waals surface area contributed by atoms with Crippen molar-refractivity contribution in [1.82, 2.24) is 14.9 Å². The van der Waals surface area contributed by atoms with E-state index >= 15 is 0 Å². The number of hydrogen-bond acceptors (Lipinski definition) is 10. The van der Waals surface area contributed by atoms with Crippen LogP contribution in [0.5, 0.6) is 17.2 Å². The van der Waals surface area contributed by atoms with E-state index in [4.69, 9.17) is 19.2 Å². The Kier molecular flexibility index (Phi) is 10.2. The average Bonchev–Trinajstić information content (AvgIpc) is 3.47. The molecule has 1 aliphatic heterocycles. The van der Waals surface area contributed by atoms with Crippen LogP contribution in [-0.4, -0.2) is 60.6 Å². The van der Waals surface area contributed by atoms with Crippen molar-refractivity contribution in [3.05, 3.63) is 96.7 Å². The first-order chi connectivity index (χ1) is 22.2. The van der Waals surface area contributed by atoms with Crippen molar-refractivity contribution in [2.45, 2.75) is 10.6 Å². The molecule has 8 nitrogen and oxygen atoms in total. The molecular formula is C35H33N5O3S2. The number of ether oxygens (including phenoxy) is 3. The number of thioether (sulfide) groups is 1. The molecule has 10 heteroatoms. The summed E-state index contributed by atoms with van der Waals surface area (Å²) in [6.45, 7) is 5.22. The van der Waals surface area contributed by atoms with Gasteiger partial charge in [0.2, 0.25) is 5.95 Å². The lowest BCUT2D eigenvalue weighted by atomic mass is 10.0. The normalized spacial score (nSPS) is 13.2. The Labute approximate surface area is 271 Å². The summed E-state index contributed by atoms with van der Waals surface area (Å²) in [6, 6.07) is 29.6. The summed E-state index contributed by atoms with van der Waals surface area (Å²) in [4.78, 5) is 12.7. The van der Waals surface area contributed by atoms with E-state index in [2.05, 4.69) is 21.3 Å². The van der Waals surface area contributed by atoms with Gasteiger partial charge in [-0.3, -0.25) is 4.90 Å². The fourth-order valence-electron chi connectivity index (χ4n) is 5.09. The SMILES string of the molecule is CSc1sc(-c2ccnc(Nc3cccc(OCCCN4CCOCC4)c3)n2)c(-c2cccc(Oc3ccccc3)c2)c1C#N. The molecule has 3 aromatic carbocycles. The smallest absolute Gasteiger partial charge is 0.227 e. The van der Waals surface area contributed by atoms with Crippen LogP contribution in [0.25, 0.3) is 21.7 Å². The zero-order valence-electron chi connectivity index (χ0n) is 24.9. The van der Waals surface area contributed by atoms with Gasteiger partial charge < -0.3 is 19.5 Å². The molecule has 1 saturated heterocycles. The van der Waals surface area contributed by atoms with Crippen LogP contribution in [0.3, 0.4) is 0 Å². The summed E-state index contributed by atoms with van der Waals surface area (Å²) in [6.07, 6.45) is 4.68. The number of morpholine rings is 1. The van der Waals surface area contributed by atoms with Gasteiger partial charge in [0.15, 0.2) is 0 Å². The van der Waals surface area contributed by atoms with Crippen molar-refractivity contribution in [1.29, 1.82) is 5.26 Å². The lowest BCUT2D eigenvalue weighted by Crippen LogP contribution is -2.37. The van der Waals surface area contributed by atoms with Crippen molar-refractivity contribution in [3.63, 3.8) is 0 Å². The molecule has 0 amide bonds. The van der Waals surface area contributed by atoms with Crippen LogP contribution in [-0.2, 0) is 4.74 Å². The number of para-hydroxylation sites is 1. The van der Waals surface area contributed by atoms with Crippen LogP contribution in [0.15, 0.2) is 95.3 Å². The average molecular weight is 636 g/mol. The lowest BCUT2D eigenvalue weighted by Gasteiger charge is -2.26. The molecule has 1 fully saturated rings. The summed E-state index contributed by atoms with van der Waals surface area (Å²) in [5.41, 5.74) is 3.92. The molecule has 228 valence electrons. The molecule has 0 unspecified atom stereocenters. The molecule has 0 atom stereocenters. The lowest BCUT2D eigenvalue weighted by molar-refractivity contribution is 0.0358. The molecule has 45 heavy (non-hydrogen) atoms. The molecule has 0 aliphatic carbocycles. The van der Waals surface area contributed by atoms with Gasteiger partial charge in [0, 0.05) is 43.1 Å². The van der Waals surface area contributed by atoms with Gasteiger partial charge in [0.25, 0.3) is 0 Å². The third-order valence-electron chi connectivity index (χ3n) is 7.24. The van der Waals surface area contributed by atoms with Gasteiger partial charge in [0.05, 0.1) is 40.2 Å². The predicted octanol–water partition coefficient (Wildman–Crippen LogP) is 8.10. The predicted molar refractivity (Wildman–Crippen MR) is 181 cm³/mol. The maximum absolute atomic E-state index is 10.2. The summed E-state index contributed by atoms with van der Waals surface area (Å²) < 4.78 is 18.5. The number of nitrogens with one attached hydrogen (secondary N) is 1. The van der Waals surface area contributed by atoms with E-state index in [0.29, 0.717) is 23.9 Å². The van der Waals surface area contributed by atoms with Crippen LogP contribution in [0.2, 0.25) is 0 Å². The maximum atomic E-state index is 10.2. The van der Waals surface area contributed by atoms with E-state index in [1.54, 1.807) is 29.3 Å². The van der Waals surface area contributed by atoms with Gasteiger partial charge in [-0.05, 0) is 60.7 Å². The number of rotatable bonds is 12. The van der Waals surface area contributed by atoms with Gasteiger partial charge in [-0.2, -0.15) is 5.26 Å². The molecule has 5 aromatic rings. The Bertz CT molecular complexity index is 1770. The first-order valence-corrected chi connectivity index (χ1v) is 16.8. The first kappa shape index (κ1) is 30.6. The fourth-order valence-corrected chi connectivity index (χ4v) is 7.00. The highest BCUT2D eigenvalue weighted by atomic mass is 32.2. The molecule has 0 radical (unpaired) electrons. The number of benzene rings is 3. The number of nitriles is 1. The van der Waals surface area contributed by atoms with Crippen LogP contribution in [0, 0.1) is 11.3 Å². The third kappa shape index (κ3) is 7.82. The molecule has 6 rings (SSSR count). The second kappa shape index (κ2) is 15.1. The summed E-state index contributed by atoms with van der Waals surface area (Å²) >= 11 is 3.12. The quantitative estimate of drug-likeness (QED) is 0.108. The van der Waals surface area contributed by atoms with Crippen molar-refractivity contribution in [2.24, 2.45) is 0 Å². The highest BCUT2D eigenvalue weighted by molar-refractivity contribution is 8.00. The monoisotopic (exact) mass is 635 g/mol. The first-order valence-electron chi connectivity index (χ1n) is 14.8. The Morgan fingerprint density at radius 3 is 2.60 bits per heavy atom. The Morgan fingerprint density at radius 2 is 1.78 bits per heavy atom. The van der Waals surface area contributed by atoms with Gasteiger partial charge in [0.1, 0.15) is 23.3 Å². The van der Waals surface area contributed by atoms with Crippen LogP contribution in [0.1, 0.15) is 12.0 Å². The van der Waals surface area contributed by atoms with E-state index in [1.165, 1.54) is 0 Å². The minimum Gasteiger partial charge on any atom is -0.493 e. The minimum atomic E-state index is 0.460. The number of hydrogen-bond donors (Lipinski definition) is 1. The molecule has 2 aromatic heterocycles. The number of nitrogens with zero attached hydrogens (tertiary/aromatic N) is 4. The van der Waals surface area contributed by atoms with Gasteiger partial charge in [-0.1, -0.05) is 36.4 Å². The van der Waals surface area contributed by atoms with E-state index in [0.717, 1.165) is 82.4 Å². The van der Waals surface area contributed by atoms with E-state index in [-0.39, 0.29) is 0 Å². The van der Waals surface area contributed by atoms with E-state index in [1.807, 2.05) is 91.2 Å². The Hall–Kier alpha value is -4.40. The fraction of sp³-hybridized carbons (Fsp3) is 0.229. The highest BCUT2D eigenvalue weighted by Gasteiger charge is 2.22. The topological polar surface area (TPSA) is 92.5 Å². The summed E-state index contributed by atoms with van der Waals surface area (Å²) in [5.74, 6) is 2.69. The molecule has 0 saturated carbocycles. The molecule has 0 bridgehead atoms. The number of aromatic nitrogens is 2. The zero-order chi connectivity index (χ0) is 30.8. The zero-order valence-corrected chi connectivity index (χ0v) is 26.6. The van der Waals surface area contributed by atoms with Gasteiger partial charge >= 0.3 is 0 Å². The van der Waals surface area contributed by atoms with Gasteiger partial charge in [-0.25, -0.2) is 9.97 Å².